The maximum Gasteiger partial charge on any atom is 0.325 e. The SMILES string of the molecule is Cc1ccc(N2CCN([C@@H](C(=O)O)c3c[nH]c4ccccc34)CC2)c(C)c1. The first-order valence-electron chi connectivity index (χ1n) is 9.39. The number of hydrogen-bond donors (Lipinski definition) is 2. The zero-order valence-electron chi connectivity index (χ0n) is 15.8. The molecule has 0 bridgehead atoms. The molecule has 1 fully saturated rings. The summed E-state index contributed by atoms with van der Waals surface area (Å²) in [6.45, 7) is 7.35. The second kappa shape index (κ2) is 7.08. The van der Waals surface area contributed by atoms with Gasteiger partial charge in [0.15, 0.2) is 0 Å². The van der Waals surface area contributed by atoms with Crippen molar-refractivity contribution in [3.63, 3.8) is 0 Å². The largest absolute Gasteiger partial charge is 0.480 e. The van der Waals surface area contributed by atoms with Crippen LogP contribution in [0.3, 0.4) is 0 Å². The minimum atomic E-state index is -0.792. The zero-order chi connectivity index (χ0) is 19.0. The van der Waals surface area contributed by atoms with E-state index in [1.165, 1.54) is 16.8 Å². The van der Waals surface area contributed by atoms with Crippen molar-refractivity contribution >= 4 is 22.6 Å². The zero-order valence-corrected chi connectivity index (χ0v) is 15.8. The first kappa shape index (κ1) is 17.6. The molecule has 1 saturated heterocycles. The number of para-hydroxylation sites is 1. The van der Waals surface area contributed by atoms with E-state index in [9.17, 15) is 9.90 Å². The summed E-state index contributed by atoms with van der Waals surface area (Å²) in [5, 5.41) is 10.9. The molecule has 27 heavy (non-hydrogen) atoms. The van der Waals surface area contributed by atoms with E-state index in [1.807, 2.05) is 30.5 Å². The van der Waals surface area contributed by atoms with Crippen molar-refractivity contribution in [3.8, 4) is 0 Å². The van der Waals surface area contributed by atoms with Gasteiger partial charge < -0.3 is 15.0 Å². The lowest BCUT2D eigenvalue weighted by Crippen LogP contribution is -2.49. The Morgan fingerprint density at radius 2 is 1.81 bits per heavy atom. The Kier molecular flexibility index (Phi) is 4.62. The molecular weight excluding hydrogens is 338 g/mol. The number of carbonyl (C=O) groups is 1. The molecule has 140 valence electrons. The fourth-order valence-corrected chi connectivity index (χ4v) is 4.19. The van der Waals surface area contributed by atoms with E-state index in [4.69, 9.17) is 0 Å². The molecule has 2 N–H and O–H groups in total. The van der Waals surface area contributed by atoms with Crippen LogP contribution in [-0.2, 0) is 4.79 Å². The van der Waals surface area contributed by atoms with Crippen molar-refractivity contribution in [3.05, 3.63) is 65.4 Å². The molecule has 1 aliphatic heterocycles. The van der Waals surface area contributed by atoms with Crippen LogP contribution in [0.25, 0.3) is 10.9 Å². The summed E-state index contributed by atoms with van der Waals surface area (Å²) in [5.74, 6) is -0.792. The lowest BCUT2D eigenvalue weighted by Gasteiger charge is -2.39. The molecule has 0 aliphatic carbocycles. The first-order valence-corrected chi connectivity index (χ1v) is 9.39. The van der Waals surface area contributed by atoms with E-state index >= 15 is 0 Å². The molecule has 1 aromatic heterocycles. The molecule has 0 unspecified atom stereocenters. The van der Waals surface area contributed by atoms with Crippen LogP contribution < -0.4 is 4.90 Å². The minimum absolute atomic E-state index is 0.623. The van der Waals surface area contributed by atoms with Gasteiger partial charge in [-0.1, -0.05) is 35.9 Å². The topological polar surface area (TPSA) is 59.6 Å². The summed E-state index contributed by atoms with van der Waals surface area (Å²) in [6, 6.07) is 13.8. The number of carboxylic acid groups (broad SMARTS) is 1. The van der Waals surface area contributed by atoms with Crippen LogP contribution in [0, 0.1) is 13.8 Å². The second-order valence-corrected chi connectivity index (χ2v) is 7.34. The van der Waals surface area contributed by atoms with Crippen LogP contribution in [0.2, 0.25) is 0 Å². The third-order valence-corrected chi connectivity index (χ3v) is 5.52. The summed E-state index contributed by atoms with van der Waals surface area (Å²) >= 11 is 0. The number of H-pyrrole nitrogens is 1. The van der Waals surface area contributed by atoms with Gasteiger partial charge in [-0.05, 0) is 31.5 Å². The number of anilines is 1. The quantitative estimate of drug-likeness (QED) is 0.741. The Labute approximate surface area is 159 Å². The highest BCUT2D eigenvalue weighted by Gasteiger charge is 2.32. The van der Waals surface area contributed by atoms with Crippen LogP contribution in [0.15, 0.2) is 48.7 Å². The van der Waals surface area contributed by atoms with E-state index < -0.39 is 12.0 Å². The number of aliphatic carboxylic acids is 1. The molecule has 0 radical (unpaired) electrons. The van der Waals surface area contributed by atoms with Crippen molar-refractivity contribution in [1.29, 1.82) is 0 Å². The van der Waals surface area contributed by atoms with Crippen molar-refractivity contribution < 1.29 is 9.90 Å². The highest BCUT2D eigenvalue weighted by molar-refractivity contribution is 5.89. The molecule has 2 aromatic carbocycles. The number of carboxylic acids is 1. The van der Waals surface area contributed by atoms with E-state index in [0.717, 1.165) is 42.6 Å². The third kappa shape index (κ3) is 3.30. The summed E-state index contributed by atoms with van der Waals surface area (Å²) in [5.41, 5.74) is 5.61. The molecule has 0 amide bonds. The number of nitrogens with one attached hydrogen (secondary N) is 1. The fourth-order valence-electron chi connectivity index (χ4n) is 4.19. The maximum absolute atomic E-state index is 12.1. The Bertz CT molecular complexity index is 971. The number of aromatic amines is 1. The summed E-state index contributed by atoms with van der Waals surface area (Å²) in [7, 11) is 0. The Balaban J connectivity index is 1.55. The molecule has 5 heteroatoms. The highest BCUT2D eigenvalue weighted by atomic mass is 16.4. The summed E-state index contributed by atoms with van der Waals surface area (Å²) in [6.07, 6.45) is 1.85. The number of nitrogens with zero attached hydrogens (tertiary/aromatic N) is 2. The summed E-state index contributed by atoms with van der Waals surface area (Å²) < 4.78 is 0. The molecule has 0 saturated carbocycles. The van der Waals surface area contributed by atoms with Gasteiger partial charge in [0.25, 0.3) is 0 Å². The monoisotopic (exact) mass is 363 g/mol. The van der Waals surface area contributed by atoms with E-state index in [0.29, 0.717) is 0 Å². The number of aromatic nitrogens is 1. The first-order chi connectivity index (χ1) is 13.0. The number of piperazine rings is 1. The normalized spacial score (nSPS) is 16.6. The average Bonchev–Trinajstić information content (AvgIpc) is 3.06. The predicted octanol–water partition coefficient (Wildman–Crippen LogP) is 3.73. The van der Waals surface area contributed by atoms with Crippen molar-refractivity contribution in [2.24, 2.45) is 0 Å². The van der Waals surface area contributed by atoms with Crippen LogP contribution in [0.1, 0.15) is 22.7 Å². The number of benzene rings is 2. The maximum atomic E-state index is 12.1. The Hall–Kier alpha value is -2.79. The smallest absolute Gasteiger partial charge is 0.325 e. The Morgan fingerprint density at radius 1 is 1.07 bits per heavy atom. The second-order valence-electron chi connectivity index (χ2n) is 7.34. The number of aryl methyl sites for hydroxylation is 2. The van der Waals surface area contributed by atoms with E-state index in [-0.39, 0.29) is 0 Å². The van der Waals surface area contributed by atoms with Crippen molar-refractivity contribution in [2.75, 3.05) is 31.1 Å². The van der Waals surface area contributed by atoms with Gasteiger partial charge in [-0.3, -0.25) is 9.69 Å². The van der Waals surface area contributed by atoms with E-state index in [1.54, 1.807) is 0 Å². The van der Waals surface area contributed by atoms with Gasteiger partial charge in [0.1, 0.15) is 6.04 Å². The van der Waals surface area contributed by atoms with Crippen molar-refractivity contribution in [2.45, 2.75) is 19.9 Å². The Morgan fingerprint density at radius 3 is 2.52 bits per heavy atom. The molecule has 1 atom stereocenters. The van der Waals surface area contributed by atoms with Gasteiger partial charge in [-0.2, -0.15) is 0 Å². The minimum Gasteiger partial charge on any atom is -0.480 e. The fraction of sp³-hybridized carbons (Fsp3) is 0.318. The number of hydrogen-bond acceptors (Lipinski definition) is 3. The molecular formula is C22H25N3O2. The molecule has 3 aromatic rings. The molecule has 0 spiro atoms. The average molecular weight is 363 g/mol. The van der Waals surface area contributed by atoms with Gasteiger partial charge in [-0.25, -0.2) is 0 Å². The number of fused-ring (bicyclic) bond motifs is 1. The molecule has 2 heterocycles. The lowest BCUT2D eigenvalue weighted by molar-refractivity contribution is -0.143. The summed E-state index contributed by atoms with van der Waals surface area (Å²) in [4.78, 5) is 19.8. The van der Waals surface area contributed by atoms with Crippen LogP contribution in [0.4, 0.5) is 5.69 Å². The van der Waals surface area contributed by atoms with Gasteiger partial charge >= 0.3 is 5.97 Å². The number of rotatable bonds is 4. The molecule has 4 rings (SSSR count). The van der Waals surface area contributed by atoms with Crippen LogP contribution in [-0.4, -0.2) is 47.1 Å². The highest BCUT2D eigenvalue weighted by Crippen LogP contribution is 2.30. The van der Waals surface area contributed by atoms with Gasteiger partial charge in [0.2, 0.25) is 0 Å². The predicted molar refractivity (Wildman–Crippen MR) is 108 cm³/mol. The third-order valence-electron chi connectivity index (χ3n) is 5.52. The van der Waals surface area contributed by atoms with Gasteiger partial charge in [-0.15, -0.1) is 0 Å². The van der Waals surface area contributed by atoms with Crippen LogP contribution in [0.5, 0.6) is 0 Å². The van der Waals surface area contributed by atoms with Crippen LogP contribution >= 0.6 is 0 Å². The van der Waals surface area contributed by atoms with E-state index in [2.05, 4.69) is 46.8 Å². The van der Waals surface area contributed by atoms with Gasteiger partial charge in [0.05, 0.1) is 0 Å². The van der Waals surface area contributed by atoms with Gasteiger partial charge in [0, 0.05) is 54.5 Å². The molecule has 5 nitrogen and oxygen atoms in total. The molecule has 1 aliphatic rings. The van der Waals surface area contributed by atoms with Crippen molar-refractivity contribution in [1.82, 2.24) is 9.88 Å². The standard InChI is InChI=1S/C22H25N3O2/c1-15-7-8-20(16(2)13-15)24-9-11-25(12-10-24)21(22(26)27)18-14-23-19-6-4-3-5-17(18)19/h3-8,13-14,21,23H,9-12H2,1-2H3,(H,26,27)/t21-/m1/s1. The lowest BCUT2D eigenvalue weighted by atomic mass is 10.0.